The van der Waals surface area contributed by atoms with Gasteiger partial charge < -0.3 is 14.0 Å². The summed E-state index contributed by atoms with van der Waals surface area (Å²) in [6, 6.07) is 13.4. The van der Waals surface area contributed by atoms with Gasteiger partial charge in [0, 0.05) is 23.3 Å². The number of rotatable bonds is 4. The van der Waals surface area contributed by atoms with Crippen LogP contribution in [0, 0.1) is 0 Å². The molecule has 0 atom stereocenters. The molecule has 0 aliphatic rings. The summed E-state index contributed by atoms with van der Waals surface area (Å²) in [6.07, 6.45) is 1.80. The molecule has 1 heterocycles. The molecule has 0 spiro atoms. The molecule has 23 heavy (non-hydrogen) atoms. The van der Waals surface area contributed by atoms with Gasteiger partial charge in [0.2, 0.25) is 0 Å². The van der Waals surface area contributed by atoms with Crippen LogP contribution >= 0.6 is 0 Å². The van der Waals surface area contributed by atoms with Crippen LogP contribution in [0.1, 0.15) is 10.4 Å². The van der Waals surface area contributed by atoms with Gasteiger partial charge in [-0.25, -0.2) is 4.79 Å². The predicted molar refractivity (Wildman–Crippen MR) is 81.2 cm³/mol. The summed E-state index contributed by atoms with van der Waals surface area (Å²) in [4.78, 5) is 11.6. The Hall–Kier alpha value is -2.89. The minimum absolute atomic E-state index is 0.0885. The van der Waals surface area contributed by atoms with Gasteiger partial charge >= 0.3 is 12.6 Å². The molecule has 6 heteroatoms. The standard InChI is InChI=1S/C17H13F2NO3/c1-22-16(21)12-5-6-15-11(9-12)7-8-20(15)13-3-2-4-14(10-13)23-17(18)19/h2-10,17H,1H3. The fourth-order valence-electron chi connectivity index (χ4n) is 2.42. The van der Waals surface area contributed by atoms with Crippen LogP contribution < -0.4 is 4.74 Å². The molecular formula is C17H13F2NO3. The number of ether oxygens (including phenoxy) is 2. The van der Waals surface area contributed by atoms with Crippen LogP contribution in [0.4, 0.5) is 8.78 Å². The van der Waals surface area contributed by atoms with Crippen LogP contribution in [0.25, 0.3) is 16.6 Å². The topological polar surface area (TPSA) is 40.5 Å². The summed E-state index contributed by atoms with van der Waals surface area (Å²) in [5.74, 6) is -0.322. The van der Waals surface area contributed by atoms with Gasteiger partial charge in [0.1, 0.15) is 5.75 Å². The molecule has 2 aromatic carbocycles. The van der Waals surface area contributed by atoms with E-state index in [1.54, 1.807) is 36.5 Å². The van der Waals surface area contributed by atoms with Crippen LogP contribution in [-0.4, -0.2) is 24.3 Å². The third-order valence-electron chi connectivity index (χ3n) is 3.43. The zero-order valence-electron chi connectivity index (χ0n) is 12.2. The molecule has 3 rings (SSSR count). The van der Waals surface area contributed by atoms with Gasteiger partial charge in [0.15, 0.2) is 0 Å². The van der Waals surface area contributed by atoms with Crippen molar-refractivity contribution in [3.8, 4) is 11.4 Å². The molecule has 118 valence electrons. The van der Waals surface area contributed by atoms with Gasteiger partial charge in [-0.3, -0.25) is 0 Å². The van der Waals surface area contributed by atoms with E-state index >= 15 is 0 Å². The van der Waals surface area contributed by atoms with Crippen molar-refractivity contribution in [1.29, 1.82) is 0 Å². The van der Waals surface area contributed by atoms with Crippen LogP contribution in [0.5, 0.6) is 5.75 Å². The largest absolute Gasteiger partial charge is 0.465 e. The Morgan fingerprint density at radius 3 is 2.70 bits per heavy atom. The van der Waals surface area contributed by atoms with Gasteiger partial charge in [-0.1, -0.05) is 6.07 Å². The van der Waals surface area contributed by atoms with E-state index in [0.717, 1.165) is 10.9 Å². The number of hydrogen-bond donors (Lipinski definition) is 0. The van der Waals surface area contributed by atoms with Crippen molar-refractivity contribution < 1.29 is 23.0 Å². The third-order valence-corrected chi connectivity index (χ3v) is 3.43. The Kier molecular flexibility index (Phi) is 3.97. The van der Waals surface area contributed by atoms with Crippen LogP contribution in [0.15, 0.2) is 54.7 Å². The minimum Gasteiger partial charge on any atom is -0.465 e. The van der Waals surface area contributed by atoms with Gasteiger partial charge in [0.05, 0.1) is 18.2 Å². The van der Waals surface area contributed by atoms with Crippen molar-refractivity contribution in [3.05, 3.63) is 60.3 Å². The number of carbonyl (C=O) groups is 1. The summed E-state index contributed by atoms with van der Waals surface area (Å²) in [5, 5.41) is 0.841. The lowest BCUT2D eigenvalue weighted by Crippen LogP contribution is -2.02. The fourth-order valence-corrected chi connectivity index (χ4v) is 2.42. The first-order valence-electron chi connectivity index (χ1n) is 6.83. The maximum atomic E-state index is 12.3. The number of benzene rings is 2. The van der Waals surface area contributed by atoms with E-state index in [2.05, 4.69) is 4.74 Å². The molecule has 0 amide bonds. The normalized spacial score (nSPS) is 11.0. The van der Waals surface area contributed by atoms with E-state index in [4.69, 9.17) is 4.74 Å². The molecule has 3 aromatic rings. The summed E-state index contributed by atoms with van der Waals surface area (Å²) in [7, 11) is 1.33. The molecule has 0 aliphatic heterocycles. The highest BCUT2D eigenvalue weighted by molar-refractivity contribution is 5.95. The number of esters is 1. The third kappa shape index (κ3) is 3.01. The van der Waals surface area contributed by atoms with Gasteiger partial charge in [-0.15, -0.1) is 0 Å². The second-order valence-corrected chi connectivity index (χ2v) is 4.83. The quantitative estimate of drug-likeness (QED) is 0.682. The highest BCUT2D eigenvalue weighted by atomic mass is 19.3. The van der Waals surface area contributed by atoms with Crippen molar-refractivity contribution in [3.63, 3.8) is 0 Å². The Bertz CT molecular complexity index is 858. The molecule has 0 N–H and O–H groups in total. The molecule has 0 radical (unpaired) electrons. The van der Waals surface area contributed by atoms with E-state index in [9.17, 15) is 13.6 Å². The minimum atomic E-state index is -2.87. The highest BCUT2D eigenvalue weighted by Crippen LogP contribution is 2.25. The Balaban J connectivity index is 2.02. The van der Waals surface area contributed by atoms with Crippen molar-refractivity contribution >= 4 is 16.9 Å². The van der Waals surface area contributed by atoms with E-state index in [1.807, 2.05) is 10.6 Å². The summed E-state index contributed by atoms with van der Waals surface area (Å²) in [6.45, 7) is -2.87. The van der Waals surface area contributed by atoms with E-state index in [1.165, 1.54) is 19.2 Å². The SMILES string of the molecule is COC(=O)c1ccc2c(ccn2-c2cccc(OC(F)F)c2)c1. The van der Waals surface area contributed by atoms with Gasteiger partial charge in [-0.05, 0) is 36.4 Å². The Morgan fingerprint density at radius 1 is 1.13 bits per heavy atom. The lowest BCUT2D eigenvalue weighted by atomic mass is 10.1. The van der Waals surface area contributed by atoms with E-state index in [-0.39, 0.29) is 5.75 Å². The number of fused-ring (bicyclic) bond motifs is 1. The van der Waals surface area contributed by atoms with E-state index < -0.39 is 12.6 Å². The Morgan fingerprint density at radius 2 is 1.96 bits per heavy atom. The number of nitrogens with zero attached hydrogens (tertiary/aromatic N) is 1. The molecule has 0 saturated carbocycles. The number of methoxy groups -OCH3 is 1. The molecule has 0 bridgehead atoms. The summed E-state index contributed by atoms with van der Waals surface area (Å²) < 4.78 is 35.6. The molecule has 0 unspecified atom stereocenters. The number of aromatic nitrogens is 1. The maximum Gasteiger partial charge on any atom is 0.387 e. The first kappa shape index (κ1) is 15.0. The van der Waals surface area contributed by atoms with Crippen LogP contribution in [0.2, 0.25) is 0 Å². The molecule has 0 fully saturated rings. The monoisotopic (exact) mass is 317 g/mol. The van der Waals surface area contributed by atoms with Crippen LogP contribution in [0.3, 0.4) is 0 Å². The van der Waals surface area contributed by atoms with Crippen molar-refractivity contribution in [2.75, 3.05) is 7.11 Å². The van der Waals surface area contributed by atoms with Gasteiger partial charge in [-0.2, -0.15) is 8.78 Å². The lowest BCUT2D eigenvalue weighted by Gasteiger charge is -2.09. The average Bonchev–Trinajstić information content (AvgIpc) is 2.96. The predicted octanol–water partition coefficient (Wildman–Crippen LogP) is 4.02. The second-order valence-electron chi connectivity index (χ2n) is 4.83. The van der Waals surface area contributed by atoms with E-state index in [0.29, 0.717) is 11.3 Å². The van der Waals surface area contributed by atoms with Crippen molar-refractivity contribution in [1.82, 2.24) is 4.57 Å². The summed E-state index contributed by atoms with van der Waals surface area (Å²) >= 11 is 0. The molecule has 4 nitrogen and oxygen atoms in total. The van der Waals surface area contributed by atoms with Gasteiger partial charge in [0.25, 0.3) is 0 Å². The Labute approximate surface area is 130 Å². The van der Waals surface area contributed by atoms with Crippen molar-refractivity contribution in [2.24, 2.45) is 0 Å². The molecular weight excluding hydrogens is 304 g/mol. The number of alkyl halides is 2. The molecule has 1 aromatic heterocycles. The average molecular weight is 317 g/mol. The molecule has 0 saturated heterocycles. The maximum absolute atomic E-state index is 12.3. The number of halogens is 2. The second kappa shape index (κ2) is 6.08. The molecule has 0 aliphatic carbocycles. The number of hydrogen-bond acceptors (Lipinski definition) is 3. The van der Waals surface area contributed by atoms with Crippen molar-refractivity contribution in [2.45, 2.75) is 6.61 Å². The first-order valence-corrected chi connectivity index (χ1v) is 6.83. The summed E-state index contributed by atoms with van der Waals surface area (Å²) in [5.41, 5.74) is 1.98. The van der Waals surface area contributed by atoms with Crippen LogP contribution in [-0.2, 0) is 4.74 Å². The smallest absolute Gasteiger partial charge is 0.387 e. The zero-order chi connectivity index (χ0) is 16.4. The zero-order valence-corrected chi connectivity index (χ0v) is 12.2. The first-order chi connectivity index (χ1) is 11.1. The fraction of sp³-hybridized carbons (Fsp3) is 0.118. The lowest BCUT2D eigenvalue weighted by molar-refractivity contribution is -0.0498. The highest BCUT2D eigenvalue weighted by Gasteiger charge is 2.10. The number of carbonyl (C=O) groups excluding carboxylic acids is 1.